The summed E-state index contributed by atoms with van der Waals surface area (Å²) in [7, 11) is 0. The van der Waals surface area contributed by atoms with Gasteiger partial charge in [0.25, 0.3) is 5.91 Å². The van der Waals surface area contributed by atoms with Gasteiger partial charge in [-0.15, -0.1) is 0 Å². The van der Waals surface area contributed by atoms with E-state index in [1.165, 1.54) is 22.9 Å². The highest BCUT2D eigenvalue weighted by molar-refractivity contribution is 8.26. The molecule has 1 atom stereocenters. The van der Waals surface area contributed by atoms with Crippen molar-refractivity contribution in [1.29, 1.82) is 0 Å². The van der Waals surface area contributed by atoms with Crippen molar-refractivity contribution in [3.8, 4) is 0 Å². The Morgan fingerprint density at radius 2 is 2.05 bits per heavy atom. The summed E-state index contributed by atoms with van der Waals surface area (Å²) in [6, 6.07) is 16.3. The second-order valence-electron chi connectivity index (χ2n) is 9.39. The van der Waals surface area contributed by atoms with Crippen LogP contribution in [0.15, 0.2) is 59.6 Å². The van der Waals surface area contributed by atoms with Crippen LogP contribution in [0.2, 0.25) is 0 Å². The van der Waals surface area contributed by atoms with Crippen molar-refractivity contribution in [2.24, 2.45) is 0 Å². The zero-order chi connectivity index (χ0) is 25.8. The van der Waals surface area contributed by atoms with Gasteiger partial charge in [-0.25, -0.2) is 0 Å². The molecule has 2 fully saturated rings. The lowest BCUT2D eigenvalue weighted by Crippen LogP contribution is -2.34. The summed E-state index contributed by atoms with van der Waals surface area (Å²) < 4.78 is 8.21. The summed E-state index contributed by atoms with van der Waals surface area (Å²) in [6.07, 6.45) is 7.64. The molecule has 37 heavy (non-hydrogen) atoms. The number of hydrogen-bond donors (Lipinski definition) is 1. The van der Waals surface area contributed by atoms with Gasteiger partial charge < -0.3 is 14.6 Å². The monoisotopic (exact) mass is 533 g/mol. The minimum Gasteiger partial charge on any atom is -0.376 e. The molecule has 0 spiro atoms. The number of nitrogens with zero attached hydrogens (tertiary/aromatic N) is 2. The van der Waals surface area contributed by atoms with E-state index in [2.05, 4.69) is 36.5 Å². The number of para-hydroxylation sites is 1. The predicted octanol–water partition coefficient (Wildman–Crippen LogP) is 4.94. The Hall–Kier alpha value is -2.94. The maximum absolute atomic E-state index is 13.3. The van der Waals surface area contributed by atoms with E-state index in [0.717, 1.165) is 48.8 Å². The zero-order valence-electron chi connectivity index (χ0n) is 20.9. The molecule has 5 rings (SSSR count). The number of amides is 2. The van der Waals surface area contributed by atoms with Gasteiger partial charge in [0.1, 0.15) is 10.9 Å². The lowest BCUT2D eigenvalue weighted by atomic mass is 10.1. The Morgan fingerprint density at radius 1 is 1.22 bits per heavy atom. The van der Waals surface area contributed by atoms with E-state index >= 15 is 0 Å². The van der Waals surface area contributed by atoms with Crippen LogP contribution in [-0.4, -0.2) is 51.4 Å². The molecule has 1 aromatic heterocycles. The summed E-state index contributed by atoms with van der Waals surface area (Å²) in [5, 5.41) is 4.05. The van der Waals surface area contributed by atoms with Gasteiger partial charge in [-0.3, -0.25) is 14.5 Å². The number of rotatable bonds is 9. The van der Waals surface area contributed by atoms with Crippen molar-refractivity contribution in [2.45, 2.75) is 45.3 Å². The summed E-state index contributed by atoms with van der Waals surface area (Å²) in [5.41, 5.74) is 4.29. The fraction of sp³-hybridized carbons (Fsp3) is 0.345. The first kappa shape index (κ1) is 25.7. The number of aromatic nitrogens is 1. The first-order valence-corrected chi connectivity index (χ1v) is 14.0. The standard InChI is InChI=1S/C29H31N3O3S2/c1-2-21-10-6-12-24-22(18-31(27(21)24)19-26(33)30-17-23-11-7-15-35-23)16-25-28(34)32(29(36)37-25)14-13-20-8-4-3-5-9-20/h3-6,8-10,12,16,18,23H,2,7,11,13-15,17,19H2,1H3,(H,30,33)/b25-16-/t23-/m1/s1. The lowest BCUT2D eigenvalue weighted by molar-refractivity contribution is -0.122. The van der Waals surface area contributed by atoms with Gasteiger partial charge in [0.15, 0.2) is 0 Å². The SMILES string of the molecule is CCc1cccc2c(/C=C3\SC(=S)N(CCc4ccccc4)C3=O)cn(CC(=O)NC[C@H]3CCCO3)c12. The van der Waals surface area contributed by atoms with E-state index in [9.17, 15) is 9.59 Å². The van der Waals surface area contributed by atoms with Crippen LogP contribution in [0, 0.1) is 0 Å². The number of fused-ring (bicyclic) bond motifs is 1. The second kappa shape index (κ2) is 11.6. The number of thioether (sulfide) groups is 1. The Kier molecular flexibility index (Phi) is 8.08. The normalized spacial score (nSPS) is 18.9. The van der Waals surface area contributed by atoms with Crippen molar-refractivity contribution < 1.29 is 14.3 Å². The van der Waals surface area contributed by atoms with Gasteiger partial charge in [0.2, 0.25) is 5.91 Å². The third-order valence-corrected chi connectivity index (χ3v) is 8.26. The van der Waals surface area contributed by atoms with Crippen molar-refractivity contribution in [3.63, 3.8) is 0 Å². The van der Waals surface area contributed by atoms with Crippen LogP contribution in [0.5, 0.6) is 0 Å². The molecule has 2 aliphatic rings. The number of nitrogens with one attached hydrogen (secondary N) is 1. The van der Waals surface area contributed by atoms with E-state index < -0.39 is 0 Å². The molecule has 8 heteroatoms. The van der Waals surface area contributed by atoms with Crippen LogP contribution in [-0.2, 0) is 33.7 Å². The van der Waals surface area contributed by atoms with Crippen molar-refractivity contribution in [2.75, 3.05) is 19.7 Å². The molecule has 2 aromatic carbocycles. The molecule has 6 nitrogen and oxygen atoms in total. The van der Waals surface area contributed by atoms with Crippen LogP contribution >= 0.6 is 24.0 Å². The Bertz CT molecular complexity index is 1340. The highest BCUT2D eigenvalue weighted by atomic mass is 32.2. The summed E-state index contributed by atoms with van der Waals surface area (Å²) in [4.78, 5) is 28.4. The van der Waals surface area contributed by atoms with Gasteiger partial charge in [-0.05, 0) is 42.9 Å². The number of carbonyl (C=O) groups is 2. The van der Waals surface area contributed by atoms with E-state index in [1.807, 2.05) is 41.1 Å². The van der Waals surface area contributed by atoms with Crippen molar-refractivity contribution >= 4 is 57.1 Å². The van der Waals surface area contributed by atoms with Crippen LogP contribution < -0.4 is 5.32 Å². The molecular weight excluding hydrogens is 502 g/mol. The first-order valence-electron chi connectivity index (χ1n) is 12.8. The average Bonchev–Trinajstić information content (AvgIpc) is 3.62. The van der Waals surface area contributed by atoms with Gasteiger partial charge in [-0.2, -0.15) is 0 Å². The smallest absolute Gasteiger partial charge is 0.266 e. The fourth-order valence-electron chi connectivity index (χ4n) is 4.95. The van der Waals surface area contributed by atoms with E-state index in [-0.39, 0.29) is 24.5 Å². The van der Waals surface area contributed by atoms with Gasteiger partial charge in [0.05, 0.1) is 16.5 Å². The molecule has 1 N–H and O–H groups in total. The Morgan fingerprint density at radius 3 is 2.81 bits per heavy atom. The highest BCUT2D eigenvalue weighted by Gasteiger charge is 2.32. The number of benzene rings is 2. The third kappa shape index (κ3) is 5.81. The quantitative estimate of drug-likeness (QED) is 0.312. The van der Waals surface area contributed by atoms with Gasteiger partial charge in [-0.1, -0.05) is 79.4 Å². The van der Waals surface area contributed by atoms with Crippen LogP contribution in [0.4, 0.5) is 0 Å². The van der Waals surface area contributed by atoms with Crippen LogP contribution in [0.3, 0.4) is 0 Å². The van der Waals surface area contributed by atoms with E-state index in [0.29, 0.717) is 22.3 Å². The molecule has 2 saturated heterocycles. The highest BCUT2D eigenvalue weighted by Crippen LogP contribution is 2.35. The number of aryl methyl sites for hydroxylation is 1. The molecule has 0 aliphatic carbocycles. The third-order valence-electron chi connectivity index (χ3n) is 6.89. The molecule has 2 amide bonds. The molecule has 0 unspecified atom stereocenters. The maximum Gasteiger partial charge on any atom is 0.266 e. The molecule has 0 bridgehead atoms. The molecule has 192 valence electrons. The maximum atomic E-state index is 13.3. The topological polar surface area (TPSA) is 63.6 Å². The zero-order valence-corrected chi connectivity index (χ0v) is 22.6. The molecule has 3 aromatic rings. The minimum absolute atomic E-state index is 0.0444. The second-order valence-corrected chi connectivity index (χ2v) is 11.1. The number of hydrogen-bond acceptors (Lipinski definition) is 5. The minimum atomic E-state index is -0.0622. The number of thiocarbonyl (C=S) groups is 1. The number of ether oxygens (including phenoxy) is 1. The Labute approximate surface area is 227 Å². The Balaban J connectivity index is 1.37. The lowest BCUT2D eigenvalue weighted by Gasteiger charge is -2.14. The molecule has 3 heterocycles. The van der Waals surface area contributed by atoms with Crippen molar-refractivity contribution in [1.82, 2.24) is 14.8 Å². The summed E-state index contributed by atoms with van der Waals surface area (Å²) in [5.74, 6) is -0.107. The molecule has 0 radical (unpaired) electrons. The summed E-state index contributed by atoms with van der Waals surface area (Å²) in [6.45, 7) is 4.19. The predicted molar refractivity (Wildman–Crippen MR) is 153 cm³/mol. The molecule has 0 saturated carbocycles. The van der Waals surface area contributed by atoms with Gasteiger partial charge in [0, 0.05) is 36.8 Å². The van der Waals surface area contributed by atoms with Crippen molar-refractivity contribution in [3.05, 3.63) is 76.3 Å². The first-order chi connectivity index (χ1) is 18.0. The summed E-state index contributed by atoms with van der Waals surface area (Å²) >= 11 is 6.90. The van der Waals surface area contributed by atoms with Gasteiger partial charge >= 0.3 is 0 Å². The largest absolute Gasteiger partial charge is 0.376 e. The molecule has 2 aliphatic heterocycles. The number of carbonyl (C=O) groups excluding carboxylic acids is 2. The van der Waals surface area contributed by atoms with Crippen LogP contribution in [0.25, 0.3) is 17.0 Å². The van der Waals surface area contributed by atoms with Crippen LogP contribution in [0.1, 0.15) is 36.5 Å². The van der Waals surface area contributed by atoms with E-state index in [4.69, 9.17) is 17.0 Å². The average molecular weight is 534 g/mol. The van der Waals surface area contributed by atoms with E-state index in [1.54, 1.807) is 4.90 Å². The fourth-order valence-corrected chi connectivity index (χ4v) is 6.25. The molecular formula is C29H31N3O3S2.